The molecular weight excluding hydrogens is 466 g/mol. The second-order valence-electron chi connectivity index (χ2n) is 6.62. The van der Waals surface area contributed by atoms with Crippen molar-refractivity contribution in [2.45, 2.75) is 23.7 Å². The van der Waals surface area contributed by atoms with Crippen LogP contribution in [0.2, 0.25) is 5.02 Å². The third kappa shape index (κ3) is 4.00. The van der Waals surface area contributed by atoms with Crippen molar-refractivity contribution in [2.75, 3.05) is 13.1 Å². The first-order valence-corrected chi connectivity index (χ1v) is 11.4. The van der Waals surface area contributed by atoms with Gasteiger partial charge in [-0.2, -0.15) is 9.29 Å². The minimum Gasteiger partial charge on any atom is -0.339 e. The molecule has 0 radical (unpaired) electrons. The Hall–Kier alpha value is -1.74. The summed E-state index contributed by atoms with van der Waals surface area (Å²) in [4.78, 5) is 4.74. The lowest BCUT2D eigenvalue weighted by atomic mass is 10.00. The molecule has 0 bridgehead atoms. The molecule has 1 aliphatic heterocycles. The molecule has 9 heteroatoms. The summed E-state index contributed by atoms with van der Waals surface area (Å²) in [6.45, 7) is 0.780. The molecule has 0 amide bonds. The Balaban J connectivity index is 1.54. The molecule has 1 unspecified atom stereocenters. The van der Waals surface area contributed by atoms with Crippen molar-refractivity contribution in [3.8, 4) is 11.4 Å². The molecule has 1 aromatic heterocycles. The maximum atomic E-state index is 12.9. The van der Waals surface area contributed by atoms with Crippen molar-refractivity contribution in [3.05, 3.63) is 63.9 Å². The summed E-state index contributed by atoms with van der Waals surface area (Å²) in [5.74, 6) is 0.835. The first-order valence-electron chi connectivity index (χ1n) is 8.79. The van der Waals surface area contributed by atoms with E-state index < -0.39 is 10.0 Å². The van der Waals surface area contributed by atoms with Gasteiger partial charge in [0.25, 0.3) is 0 Å². The highest BCUT2D eigenvalue weighted by atomic mass is 79.9. The fraction of sp³-hybridized carbons (Fsp3) is 0.263. The molecule has 0 aliphatic carbocycles. The quantitative estimate of drug-likeness (QED) is 0.538. The smallest absolute Gasteiger partial charge is 0.243 e. The Morgan fingerprint density at radius 1 is 1.11 bits per heavy atom. The van der Waals surface area contributed by atoms with E-state index >= 15 is 0 Å². The Bertz CT molecular complexity index is 1070. The molecule has 3 aromatic rings. The zero-order chi connectivity index (χ0) is 19.7. The second-order valence-corrected chi connectivity index (χ2v) is 9.91. The van der Waals surface area contributed by atoms with Gasteiger partial charge >= 0.3 is 0 Å². The molecule has 146 valence electrons. The van der Waals surface area contributed by atoms with Crippen LogP contribution in [0, 0.1) is 0 Å². The standard InChI is InChI=1S/C19H17BrClN3O3S/c20-15-5-3-13(4-6-15)18-22-19(27-23-18)14-2-1-11-24(12-14)28(25,26)17-9-7-16(21)8-10-17/h3-10,14H,1-2,11-12H2. The largest absolute Gasteiger partial charge is 0.339 e. The highest BCUT2D eigenvalue weighted by Crippen LogP contribution is 2.31. The van der Waals surface area contributed by atoms with E-state index in [1.165, 1.54) is 16.4 Å². The van der Waals surface area contributed by atoms with E-state index in [4.69, 9.17) is 16.1 Å². The van der Waals surface area contributed by atoms with E-state index in [-0.39, 0.29) is 10.8 Å². The van der Waals surface area contributed by atoms with E-state index in [2.05, 4.69) is 26.1 Å². The van der Waals surface area contributed by atoms with Gasteiger partial charge < -0.3 is 4.52 Å². The predicted molar refractivity (Wildman–Crippen MR) is 110 cm³/mol. The number of nitrogens with zero attached hydrogens (tertiary/aromatic N) is 3. The minimum atomic E-state index is -3.59. The van der Waals surface area contributed by atoms with Crippen LogP contribution in [0.3, 0.4) is 0 Å². The summed E-state index contributed by atoms with van der Waals surface area (Å²) >= 11 is 9.27. The predicted octanol–water partition coefficient (Wildman–Crippen LogP) is 4.72. The lowest BCUT2D eigenvalue weighted by Gasteiger charge is -2.30. The van der Waals surface area contributed by atoms with Crippen molar-refractivity contribution < 1.29 is 12.9 Å². The van der Waals surface area contributed by atoms with Gasteiger partial charge in [-0.15, -0.1) is 0 Å². The molecule has 2 heterocycles. The molecule has 0 N–H and O–H groups in total. The summed E-state index contributed by atoms with van der Waals surface area (Å²) in [7, 11) is -3.59. The van der Waals surface area contributed by atoms with Gasteiger partial charge in [0.15, 0.2) is 0 Å². The van der Waals surface area contributed by atoms with Gasteiger partial charge in [-0.05, 0) is 61.4 Å². The van der Waals surface area contributed by atoms with E-state index in [0.717, 1.165) is 22.9 Å². The summed E-state index contributed by atoms with van der Waals surface area (Å²) in [5.41, 5.74) is 0.847. The molecule has 28 heavy (non-hydrogen) atoms. The molecule has 1 saturated heterocycles. The van der Waals surface area contributed by atoms with Crippen LogP contribution in [0.25, 0.3) is 11.4 Å². The highest BCUT2D eigenvalue weighted by molar-refractivity contribution is 9.10. The molecule has 1 aliphatic rings. The van der Waals surface area contributed by atoms with Gasteiger partial charge in [-0.1, -0.05) is 32.7 Å². The number of sulfonamides is 1. The van der Waals surface area contributed by atoms with Crippen LogP contribution in [0.1, 0.15) is 24.7 Å². The number of halogens is 2. The Morgan fingerprint density at radius 3 is 2.54 bits per heavy atom. The first kappa shape index (κ1) is 19.6. The minimum absolute atomic E-state index is 0.132. The van der Waals surface area contributed by atoms with Crippen molar-refractivity contribution in [2.24, 2.45) is 0 Å². The normalized spacial score (nSPS) is 18.3. The van der Waals surface area contributed by atoms with Crippen LogP contribution in [0.15, 0.2) is 62.4 Å². The second kappa shape index (κ2) is 7.94. The van der Waals surface area contributed by atoms with Crippen molar-refractivity contribution in [3.63, 3.8) is 0 Å². The molecule has 0 saturated carbocycles. The third-order valence-corrected chi connectivity index (χ3v) is 7.39. The van der Waals surface area contributed by atoms with Crippen molar-refractivity contribution in [1.29, 1.82) is 0 Å². The lowest BCUT2D eigenvalue weighted by Crippen LogP contribution is -2.39. The molecule has 6 nitrogen and oxygen atoms in total. The monoisotopic (exact) mass is 481 g/mol. The molecular formula is C19H17BrClN3O3S. The number of benzene rings is 2. The van der Waals surface area contributed by atoms with Gasteiger partial charge in [0.05, 0.1) is 10.8 Å². The van der Waals surface area contributed by atoms with Gasteiger partial charge in [-0.25, -0.2) is 8.42 Å². The lowest BCUT2D eigenvalue weighted by molar-refractivity contribution is 0.265. The average molecular weight is 483 g/mol. The SMILES string of the molecule is O=S(=O)(c1ccc(Cl)cc1)N1CCCC(c2nc(-c3ccc(Br)cc3)no2)C1. The Labute approximate surface area is 176 Å². The average Bonchev–Trinajstić information content (AvgIpc) is 3.19. The first-order chi connectivity index (χ1) is 13.4. The number of hydrogen-bond acceptors (Lipinski definition) is 5. The maximum Gasteiger partial charge on any atom is 0.243 e. The summed E-state index contributed by atoms with van der Waals surface area (Å²) in [5, 5.41) is 4.56. The number of rotatable bonds is 4. The zero-order valence-electron chi connectivity index (χ0n) is 14.8. The number of hydrogen-bond donors (Lipinski definition) is 0. The van der Waals surface area contributed by atoms with Crippen LogP contribution in [0.5, 0.6) is 0 Å². The van der Waals surface area contributed by atoms with Crippen LogP contribution >= 0.6 is 27.5 Å². The van der Waals surface area contributed by atoms with E-state index in [1.54, 1.807) is 12.1 Å². The van der Waals surface area contributed by atoms with Gasteiger partial charge in [-0.3, -0.25) is 0 Å². The Morgan fingerprint density at radius 2 is 1.82 bits per heavy atom. The van der Waals surface area contributed by atoms with Crippen LogP contribution in [-0.4, -0.2) is 36.0 Å². The van der Waals surface area contributed by atoms with Gasteiger partial charge in [0, 0.05) is 28.1 Å². The topological polar surface area (TPSA) is 76.3 Å². The van der Waals surface area contributed by atoms with Crippen LogP contribution in [0.4, 0.5) is 0 Å². The maximum absolute atomic E-state index is 12.9. The molecule has 1 fully saturated rings. The number of piperidine rings is 1. The molecule has 0 spiro atoms. The van der Waals surface area contributed by atoms with E-state index in [1.807, 2.05) is 24.3 Å². The molecule has 1 atom stereocenters. The van der Waals surface area contributed by atoms with Crippen molar-refractivity contribution >= 4 is 37.6 Å². The number of aromatic nitrogens is 2. The zero-order valence-corrected chi connectivity index (χ0v) is 17.9. The van der Waals surface area contributed by atoms with E-state index in [0.29, 0.717) is 29.8 Å². The third-order valence-electron chi connectivity index (χ3n) is 4.73. The summed E-state index contributed by atoms with van der Waals surface area (Å²) < 4.78 is 33.8. The summed E-state index contributed by atoms with van der Waals surface area (Å²) in [6, 6.07) is 13.8. The molecule has 2 aromatic carbocycles. The fourth-order valence-corrected chi connectivity index (χ4v) is 5.15. The fourth-order valence-electron chi connectivity index (χ4n) is 3.24. The van der Waals surface area contributed by atoms with E-state index in [9.17, 15) is 8.42 Å². The van der Waals surface area contributed by atoms with Crippen LogP contribution in [-0.2, 0) is 10.0 Å². The molecule has 4 rings (SSSR count). The Kier molecular flexibility index (Phi) is 5.55. The van der Waals surface area contributed by atoms with Crippen molar-refractivity contribution in [1.82, 2.24) is 14.4 Å². The highest BCUT2D eigenvalue weighted by Gasteiger charge is 2.33. The van der Waals surface area contributed by atoms with Crippen LogP contribution < -0.4 is 0 Å². The van der Waals surface area contributed by atoms with Gasteiger partial charge in [0.1, 0.15) is 0 Å². The van der Waals surface area contributed by atoms with Gasteiger partial charge in [0.2, 0.25) is 21.7 Å². The summed E-state index contributed by atoms with van der Waals surface area (Å²) in [6.07, 6.45) is 1.53.